The van der Waals surface area contributed by atoms with Gasteiger partial charge in [-0.05, 0) is 26.4 Å². The van der Waals surface area contributed by atoms with Crippen molar-refractivity contribution < 1.29 is 0 Å². The quantitative estimate of drug-likeness (QED) is 0.408. The van der Waals surface area contributed by atoms with Crippen molar-refractivity contribution in [1.29, 1.82) is 0 Å². The third-order valence-electron chi connectivity index (χ3n) is 0.370. The van der Waals surface area contributed by atoms with Gasteiger partial charge in [0.1, 0.15) is 0 Å². The molecule has 0 N–H and O–H groups in total. The Balaban J connectivity index is 2.77. The molecule has 0 saturated carbocycles. The van der Waals surface area contributed by atoms with E-state index >= 15 is 0 Å². The number of rotatable bonds is 0. The Morgan fingerprint density at radius 1 is 1.29 bits per heavy atom. The van der Waals surface area contributed by atoms with E-state index in [1.165, 1.54) is 0 Å². The van der Waals surface area contributed by atoms with Gasteiger partial charge in [-0.25, -0.2) is 0 Å². The Labute approximate surface area is 52.8 Å². The lowest BCUT2D eigenvalue weighted by Crippen LogP contribution is -1.95. The molecule has 0 aromatic heterocycles. The summed E-state index contributed by atoms with van der Waals surface area (Å²) in [6.07, 6.45) is 0. The van der Waals surface area contributed by atoms with E-state index in [4.69, 9.17) is 11.6 Å². The summed E-state index contributed by atoms with van der Waals surface area (Å²) >= 11 is 8.25. The van der Waals surface area contributed by atoms with Gasteiger partial charge < -0.3 is 0 Å². The molecule has 0 aromatic carbocycles. The molecule has 1 rings (SSSR count). The maximum atomic E-state index is 5.36. The van der Waals surface area contributed by atoms with E-state index in [1.54, 1.807) is 0 Å². The molecule has 1 aliphatic rings. The van der Waals surface area contributed by atoms with Crippen LogP contribution in [0.3, 0.4) is 0 Å². The summed E-state index contributed by atoms with van der Waals surface area (Å²) in [7, 11) is 0. The maximum absolute atomic E-state index is 5.36. The summed E-state index contributed by atoms with van der Waals surface area (Å²) < 4.78 is -1.10. The Morgan fingerprint density at radius 2 is 1.71 bits per heavy atom. The third-order valence-corrected chi connectivity index (χ3v) is 0.838. The molecule has 1 aliphatic heterocycles. The highest BCUT2D eigenvalue weighted by atomic mass is 79.9. The normalized spacial score (nSPS) is 23.7. The highest BCUT2D eigenvalue weighted by Gasteiger charge is 2.24. The molecule has 7 heavy (non-hydrogen) atoms. The highest BCUT2D eigenvalue weighted by Crippen LogP contribution is 2.30. The van der Waals surface area contributed by atoms with E-state index in [1.807, 2.05) is 0 Å². The first kappa shape index (κ1) is 5.11. The van der Waals surface area contributed by atoms with Crippen molar-refractivity contribution in [2.24, 2.45) is 20.7 Å². The summed E-state index contributed by atoms with van der Waals surface area (Å²) in [5, 5.41) is 13.0. The highest BCUT2D eigenvalue weighted by molar-refractivity contribution is 9.10. The predicted molar refractivity (Wildman–Crippen MR) is 27.2 cm³/mol. The first-order valence-electron chi connectivity index (χ1n) is 1.43. The predicted octanol–water partition coefficient (Wildman–Crippen LogP) is 2.06. The summed E-state index contributed by atoms with van der Waals surface area (Å²) in [6.45, 7) is 0. The molecule has 0 amide bonds. The molecule has 0 unspecified atom stereocenters. The molecule has 1 heterocycles. The van der Waals surface area contributed by atoms with Crippen LogP contribution >= 0.6 is 27.5 Å². The van der Waals surface area contributed by atoms with Crippen LogP contribution in [0.5, 0.6) is 0 Å². The smallest absolute Gasteiger partial charge is 0.106 e. The summed E-state index contributed by atoms with van der Waals surface area (Å²) in [5.74, 6) is 0. The van der Waals surface area contributed by atoms with E-state index < -0.39 is 4.03 Å². The average Bonchev–Trinajstić information content (AvgIpc) is 1.84. The van der Waals surface area contributed by atoms with Gasteiger partial charge in [-0.2, -0.15) is 0 Å². The fourth-order valence-corrected chi connectivity index (χ4v) is 0.377. The number of hydrogen-bond acceptors (Lipinski definition) is 4. The van der Waals surface area contributed by atoms with Crippen molar-refractivity contribution in [2.45, 2.75) is 4.03 Å². The first-order valence-corrected chi connectivity index (χ1v) is 2.60. The zero-order valence-electron chi connectivity index (χ0n) is 3.04. The zero-order chi connectivity index (χ0) is 5.33. The Bertz CT molecular complexity index is 114. The minimum absolute atomic E-state index is 1.10. The second-order valence-electron chi connectivity index (χ2n) is 0.888. The van der Waals surface area contributed by atoms with Crippen LogP contribution in [0.4, 0.5) is 0 Å². The van der Waals surface area contributed by atoms with Gasteiger partial charge in [-0.1, -0.05) is 11.6 Å². The van der Waals surface area contributed by atoms with Crippen LogP contribution < -0.4 is 0 Å². The number of nitrogens with zero attached hydrogens (tertiary/aromatic N) is 4. The maximum Gasteiger partial charge on any atom is 0.322 e. The van der Waals surface area contributed by atoms with Crippen molar-refractivity contribution in [2.75, 3.05) is 0 Å². The Kier molecular flexibility index (Phi) is 1.08. The molecule has 0 fully saturated rings. The fourth-order valence-electron chi connectivity index (χ4n) is 0.168. The molecule has 0 atom stereocenters. The molecule has 0 aliphatic carbocycles. The van der Waals surface area contributed by atoms with Crippen LogP contribution in [-0.2, 0) is 0 Å². The minimum atomic E-state index is -1.10. The standard InChI is InChI=1S/CBrClN4/c2-1(3)4-6-7-5-1. The van der Waals surface area contributed by atoms with Gasteiger partial charge in [0.25, 0.3) is 0 Å². The summed E-state index contributed by atoms with van der Waals surface area (Å²) in [6, 6.07) is 0. The van der Waals surface area contributed by atoms with Gasteiger partial charge in [0, 0.05) is 0 Å². The van der Waals surface area contributed by atoms with E-state index in [0.29, 0.717) is 0 Å². The SMILES string of the molecule is ClC1(Br)N=NN=N1. The largest absolute Gasteiger partial charge is 0.322 e. The van der Waals surface area contributed by atoms with E-state index in [0.717, 1.165) is 0 Å². The number of hydrogen-bond donors (Lipinski definition) is 0. The second-order valence-corrected chi connectivity index (χ2v) is 2.98. The van der Waals surface area contributed by atoms with Crippen LogP contribution in [-0.4, -0.2) is 4.03 Å². The lowest BCUT2D eigenvalue weighted by Gasteiger charge is -1.93. The molecule has 0 bridgehead atoms. The van der Waals surface area contributed by atoms with Crippen LogP contribution in [0, 0.1) is 0 Å². The molecule has 4 nitrogen and oxygen atoms in total. The Morgan fingerprint density at radius 3 is 1.86 bits per heavy atom. The number of halogens is 2. The molecule has 38 valence electrons. The monoisotopic (exact) mass is 182 g/mol. The first-order chi connectivity index (χ1) is 3.21. The van der Waals surface area contributed by atoms with Crippen LogP contribution in [0.2, 0.25) is 0 Å². The molecule has 0 aromatic rings. The van der Waals surface area contributed by atoms with E-state index in [2.05, 4.69) is 36.6 Å². The molecular formula is CBrClN4. The third kappa shape index (κ3) is 1.17. The lowest BCUT2D eigenvalue weighted by atomic mass is 11.2. The average molecular weight is 183 g/mol. The second kappa shape index (κ2) is 1.48. The molecule has 0 saturated heterocycles. The summed E-state index contributed by atoms with van der Waals surface area (Å²) in [4.78, 5) is 0. The molecule has 6 heteroatoms. The molecular weight excluding hydrogens is 183 g/mol. The summed E-state index contributed by atoms with van der Waals surface area (Å²) in [5.41, 5.74) is 0. The van der Waals surface area contributed by atoms with Crippen molar-refractivity contribution in [3.63, 3.8) is 0 Å². The van der Waals surface area contributed by atoms with Gasteiger partial charge in [0.2, 0.25) is 0 Å². The van der Waals surface area contributed by atoms with E-state index in [-0.39, 0.29) is 0 Å². The van der Waals surface area contributed by atoms with Crippen molar-refractivity contribution in [1.82, 2.24) is 0 Å². The van der Waals surface area contributed by atoms with Crippen molar-refractivity contribution >= 4 is 27.5 Å². The molecule has 0 spiro atoms. The van der Waals surface area contributed by atoms with Gasteiger partial charge in [0.15, 0.2) is 0 Å². The lowest BCUT2D eigenvalue weighted by molar-refractivity contribution is 0.901. The Hall–Kier alpha value is -0.0300. The van der Waals surface area contributed by atoms with Gasteiger partial charge in [-0.15, -0.1) is 10.2 Å². The molecule has 0 radical (unpaired) electrons. The van der Waals surface area contributed by atoms with E-state index in [9.17, 15) is 0 Å². The van der Waals surface area contributed by atoms with Crippen LogP contribution in [0.25, 0.3) is 0 Å². The van der Waals surface area contributed by atoms with Crippen LogP contribution in [0.15, 0.2) is 20.7 Å². The number of alkyl halides is 2. The fraction of sp³-hybridized carbons (Fsp3) is 1.00. The topological polar surface area (TPSA) is 49.4 Å². The zero-order valence-corrected chi connectivity index (χ0v) is 5.39. The van der Waals surface area contributed by atoms with Crippen LogP contribution in [0.1, 0.15) is 0 Å². The van der Waals surface area contributed by atoms with Gasteiger partial charge in [-0.3, -0.25) is 0 Å². The van der Waals surface area contributed by atoms with Crippen molar-refractivity contribution in [3.8, 4) is 0 Å². The minimum Gasteiger partial charge on any atom is -0.106 e. The van der Waals surface area contributed by atoms with Gasteiger partial charge in [0.05, 0.1) is 0 Å². The van der Waals surface area contributed by atoms with Gasteiger partial charge >= 0.3 is 4.03 Å². The van der Waals surface area contributed by atoms with Crippen molar-refractivity contribution in [3.05, 3.63) is 0 Å².